The van der Waals surface area contributed by atoms with Gasteiger partial charge in [0.2, 0.25) is 0 Å². The van der Waals surface area contributed by atoms with Gasteiger partial charge in [-0.3, -0.25) is 4.90 Å². The number of nitrogens with zero attached hydrogens (tertiary/aromatic N) is 4. The predicted molar refractivity (Wildman–Crippen MR) is 84.1 cm³/mol. The van der Waals surface area contributed by atoms with Gasteiger partial charge >= 0.3 is 6.03 Å². The van der Waals surface area contributed by atoms with Crippen molar-refractivity contribution >= 4 is 6.03 Å². The minimum atomic E-state index is -0.262. The molecule has 2 aliphatic rings. The Morgan fingerprint density at radius 1 is 1.26 bits per heavy atom. The molecule has 0 radical (unpaired) electrons. The minimum Gasteiger partial charge on any atom is -0.326 e. The Bertz CT molecular complexity index is 634. The van der Waals surface area contributed by atoms with Crippen molar-refractivity contribution in [2.75, 3.05) is 33.2 Å². The van der Waals surface area contributed by atoms with Gasteiger partial charge in [0.05, 0.1) is 11.6 Å². The number of hydrogen-bond donors (Lipinski definition) is 0. The molecular weight excluding hydrogens is 295 g/mol. The predicted octanol–water partition coefficient (Wildman–Crippen LogP) is 2.03. The van der Waals surface area contributed by atoms with E-state index in [1.165, 1.54) is 12.1 Å². The van der Waals surface area contributed by atoms with E-state index in [-0.39, 0.29) is 11.8 Å². The number of piperidine rings is 1. The summed E-state index contributed by atoms with van der Waals surface area (Å²) < 4.78 is 13.9. The van der Waals surface area contributed by atoms with Crippen molar-refractivity contribution in [1.82, 2.24) is 14.7 Å². The molecule has 0 unspecified atom stereocenters. The maximum Gasteiger partial charge on any atom is 0.320 e. The van der Waals surface area contributed by atoms with Crippen LogP contribution >= 0.6 is 0 Å². The number of urea groups is 1. The van der Waals surface area contributed by atoms with Crippen molar-refractivity contribution < 1.29 is 9.18 Å². The van der Waals surface area contributed by atoms with Crippen LogP contribution in [-0.4, -0.2) is 60.0 Å². The van der Waals surface area contributed by atoms with Crippen LogP contribution in [0, 0.1) is 17.1 Å². The Morgan fingerprint density at radius 3 is 2.61 bits per heavy atom. The van der Waals surface area contributed by atoms with E-state index in [9.17, 15) is 9.18 Å². The summed E-state index contributed by atoms with van der Waals surface area (Å²) in [5.41, 5.74) is 1.06. The van der Waals surface area contributed by atoms with Crippen LogP contribution in [0.25, 0.3) is 0 Å². The molecule has 2 amide bonds. The van der Waals surface area contributed by atoms with Crippen LogP contribution in [0.3, 0.4) is 0 Å². The quantitative estimate of drug-likeness (QED) is 0.857. The number of benzene rings is 1. The van der Waals surface area contributed by atoms with E-state index in [1.807, 2.05) is 11.9 Å². The van der Waals surface area contributed by atoms with E-state index < -0.39 is 0 Å². The summed E-state index contributed by atoms with van der Waals surface area (Å²) in [6.07, 6.45) is 1.83. The zero-order valence-electron chi connectivity index (χ0n) is 13.3. The molecule has 2 saturated heterocycles. The smallest absolute Gasteiger partial charge is 0.320 e. The summed E-state index contributed by atoms with van der Waals surface area (Å²) in [7, 11) is 1.84. The van der Waals surface area contributed by atoms with Crippen molar-refractivity contribution in [2.45, 2.75) is 25.4 Å². The van der Waals surface area contributed by atoms with Crippen LogP contribution in [0.5, 0.6) is 0 Å². The molecule has 2 heterocycles. The molecule has 122 valence electrons. The number of likely N-dealkylation sites (tertiary alicyclic amines) is 1. The molecule has 0 bridgehead atoms. The number of likely N-dealkylation sites (N-methyl/N-ethyl adjacent to an activating group) is 1. The van der Waals surface area contributed by atoms with Gasteiger partial charge in [0, 0.05) is 51.4 Å². The molecule has 6 heteroatoms. The average molecular weight is 316 g/mol. The highest BCUT2D eigenvalue weighted by molar-refractivity contribution is 5.76. The summed E-state index contributed by atoms with van der Waals surface area (Å²) in [4.78, 5) is 18.0. The van der Waals surface area contributed by atoms with Gasteiger partial charge in [0.1, 0.15) is 5.82 Å². The first-order valence-corrected chi connectivity index (χ1v) is 8.01. The zero-order valence-corrected chi connectivity index (χ0v) is 13.3. The molecule has 0 aliphatic carbocycles. The third kappa shape index (κ3) is 3.30. The summed E-state index contributed by atoms with van der Waals surface area (Å²) in [6.45, 7) is 3.80. The monoisotopic (exact) mass is 316 g/mol. The SMILES string of the molecule is CN1CCN(C2CCN(Cc3cc(C#N)ccc3F)CC2)C1=O. The van der Waals surface area contributed by atoms with Crippen molar-refractivity contribution in [3.8, 4) is 6.07 Å². The fraction of sp³-hybridized carbons (Fsp3) is 0.529. The molecular formula is C17H21FN4O. The van der Waals surface area contributed by atoms with Crippen LogP contribution in [0.2, 0.25) is 0 Å². The second kappa shape index (κ2) is 6.55. The van der Waals surface area contributed by atoms with Gasteiger partial charge in [-0.25, -0.2) is 9.18 Å². The van der Waals surface area contributed by atoms with Crippen LogP contribution in [0.1, 0.15) is 24.0 Å². The first-order chi connectivity index (χ1) is 11.1. The Kier molecular flexibility index (Phi) is 4.49. The number of nitriles is 1. The summed E-state index contributed by atoms with van der Waals surface area (Å²) in [6, 6.07) is 6.95. The van der Waals surface area contributed by atoms with E-state index in [0.717, 1.165) is 39.0 Å². The van der Waals surface area contributed by atoms with E-state index >= 15 is 0 Å². The normalized spacial score (nSPS) is 20.1. The topological polar surface area (TPSA) is 50.6 Å². The van der Waals surface area contributed by atoms with Crippen LogP contribution in [-0.2, 0) is 6.54 Å². The van der Waals surface area contributed by atoms with Gasteiger partial charge in [-0.1, -0.05) is 0 Å². The Morgan fingerprint density at radius 2 is 2.00 bits per heavy atom. The van der Waals surface area contributed by atoms with E-state index in [2.05, 4.69) is 11.0 Å². The molecule has 2 fully saturated rings. The Hall–Kier alpha value is -2.13. The summed E-state index contributed by atoms with van der Waals surface area (Å²) >= 11 is 0. The van der Waals surface area contributed by atoms with Crippen LogP contribution < -0.4 is 0 Å². The fourth-order valence-corrected chi connectivity index (χ4v) is 3.40. The Labute approximate surface area is 135 Å². The number of carbonyl (C=O) groups is 1. The van der Waals surface area contributed by atoms with E-state index in [0.29, 0.717) is 23.7 Å². The highest BCUT2D eigenvalue weighted by Crippen LogP contribution is 2.22. The molecule has 0 N–H and O–H groups in total. The minimum absolute atomic E-state index is 0.121. The molecule has 0 atom stereocenters. The van der Waals surface area contributed by atoms with Gasteiger partial charge in [0.15, 0.2) is 0 Å². The summed E-state index contributed by atoms with van der Waals surface area (Å²) in [5, 5.41) is 8.93. The first kappa shape index (κ1) is 15.8. The third-order valence-corrected chi connectivity index (χ3v) is 4.82. The van der Waals surface area contributed by atoms with Crippen LogP contribution in [0.15, 0.2) is 18.2 Å². The third-order valence-electron chi connectivity index (χ3n) is 4.82. The molecule has 0 aromatic heterocycles. The van der Waals surface area contributed by atoms with Gasteiger partial charge < -0.3 is 9.80 Å². The molecule has 1 aromatic rings. The lowest BCUT2D eigenvalue weighted by molar-refractivity contribution is 0.127. The molecule has 2 aliphatic heterocycles. The number of carbonyl (C=O) groups excluding carboxylic acids is 1. The molecule has 5 nitrogen and oxygen atoms in total. The highest BCUT2D eigenvalue weighted by Gasteiger charge is 2.33. The number of halogens is 1. The van der Waals surface area contributed by atoms with Gasteiger partial charge in [0.25, 0.3) is 0 Å². The van der Waals surface area contributed by atoms with E-state index in [1.54, 1.807) is 11.0 Å². The number of hydrogen-bond acceptors (Lipinski definition) is 3. The first-order valence-electron chi connectivity index (χ1n) is 8.01. The molecule has 1 aromatic carbocycles. The van der Waals surface area contributed by atoms with Gasteiger partial charge in [-0.15, -0.1) is 0 Å². The average Bonchev–Trinajstić information content (AvgIpc) is 2.90. The lowest BCUT2D eigenvalue weighted by Gasteiger charge is -2.36. The second-order valence-electron chi connectivity index (χ2n) is 6.32. The summed E-state index contributed by atoms with van der Waals surface area (Å²) in [5.74, 6) is -0.262. The highest BCUT2D eigenvalue weighted by atomic mass is 19.1. The number of amides is 2. The fourth-order valence-electron chi connectivity index (χ4n) is 3.40. The standard InChI is InChI=1S/C17H21FN4O/c1-20-8-9-22(17(20)23)15-4-6-21(7-5-15)12-14-10-13(11-19)2-3-16(14)18/h2-3,10,15H,4-9,12H2,1H3. The lowest BCUT2D eigenvalue weighted by atomic mass is 10.0. The van der Waals surface area contributed by atoms with Crippen molar-refractivity contribution in [2.24, 2.45) is 0 Å². The molecule has 3 rings (SSSR count). The van der Waals surface area contributed by atoms with Crippen molar-refractivity contribution in [3.63, 3.8) is 0 Å². The van der Waals surface area contributed by atoms with Crippen molar-refractivity contribution in [3.05, 3.63) is 35.1 Å². The second-order valence-corrected chi connectivity index (χ2v) is 6.32. The van der Waals surface area contributed by atoms with Crippen molar-refractivity contribution in [1.29, 1.82) is 5.26 Å². The molecule has 0 saturated carbocycles. The van der Waals surface area contributed by atoms with Gasteiger partial charge in [-0.05, 0) is 31.0 Å². The lowest BCUT2D eigenvalue weighted by Crippen LogP contribution is -2.46. The molecule has 0 spiro atoms. The van der Waals surface area contributed by atoms with Gasteiger partial charge in [-0.2, -0.15) is 5.26 Å². The maximum atomic E-state index is 13.9. The number of rotatable bonds is 3. The Balaban J connectivity index is 1.58. The zero-order chi connectivity index (χ0) is 16.4. The van der Waals surface area contributed by atoms with E-state index in [4.69, 9.17) is 5.26 Å². The maximum absolute atomic E-state index is 13.9. The van der Waals surface area contributed by atoms with Crippen LogP contribution in [0.4, 0.5) is 9.18 Å². The largest absolute Gasteiger partial charge is 0.326 e. The molecule has 23 heavy (non-hydrogen) atoms.